The molecule has 1 amide bonds. The van der Waals surface area contributed by atoms with Gasteiger partial charge in [0.2, 0.25) is 5.88 Å². The third-order valence-electron chi connectivity index (χ3n) is 4.86. The first kappa shape index (κ1) is 19.4. The van der Waals surface area contributed by atoms with E-state index in [1.807, 2.05) is 4.90 Å². The lowest BCUT2D eigenvalue weighted by atomic mass is 9.92. The van der Waals surface area contributed by atoms with Crippen LogP contribution < -0.4 is 4.74 Å². The van der Waals surface area contributed by atoms with Crippen molar-refractivity contribution in [2.45, 2.75) is 39.2 Å². The van der Waals surface area contributed by atoms with Gasteiger partial charge in [-0.2, -0.15) is 5.10 Å². The SMILES string of the molecule is COc1ccc(C(=O)N2CCCN(Cc3cc(C(C)(C)C)n[nH]3)CC2)cn1. The lowest BCUT2D eigenvalue weighted by Gasteiger charge is -2.21. The van der Waals surface area contributed by atoms with Gasteiger partial charge in [-0.05, 0) is 18.6 Å². The van der Waals surface area contributed by atoms with Gasteiger partial charge in [-0.3, -0.25) is 14.8 Å². The van der Waals surface area contributed by atoms with Gasteiger partial charge in [0.1, 0.15) is 0 Å². The predicted molar refractivity (Wildman–Crippen MR) is 104 cm³/mol. The minimum atomic E-state index is 0.0311. The van der Waals surface area contributed by atoms with Crippen molar-refractivity contribution in [2.75, 3.05) is 33.3 Å². The molecule has 0 spiro atoms. The molecule has 2 aromatic rings. The van der Waals surface area contributed by atoms with Crippen LogP contribution in [-0.2, 0) is 12.0 Å². The number of pyridine rings is 1. The van der Waals surface area contributed by atoms with E-state index in [1.165, 1.54) is 0 Å². The quantitative estimate of drug-likeness (QED) is 0.894. The van der Waals surface area contributed by atoms with Gasteiger partial charge in [-0.1, -0.05) is 20.8 Å². The van der Waals surface area contributed by atoms with Crippen molar-refractivity contribution in [3.63, 3.8) is 0 Å². The summed E-state index contributed by atoms with van der Waals surface area (Å²) in [6.45, 7) is 10.6. The fraction of sp³-hybridized carbons (Fsp3) is 0.550. The molecule has 0 aliphatic carbocycles. The molecule has 0 bridgehead atoms. The molecular weight excluding hydrogens is 342 g/mol. The number of aromatic nitrogens is 3. The van der Waals surface area contributed by atoms with Crippen LogP contribution in [0.5, 0.6) is 5.88 Å². The van der Waals surface area contributed by atoms with Crippen LogP contribution in [0.1, 0.15) is 48.9 Å². The van der Waals surface area contributed by atoms with E-state index in [2.05, 4.69) is 46.9 Å². The number of nitrogens with zero attached hydrogens (tertiary/aromatic N) is 4. The number of nitrogens with one attached hydrogen (secondary N) is 1. The summed E-state index contributed by atoms with van der Waals surface area (Å²) in [6.07, 6.45) is 2.54. The number of aromatic amines is 1. The predicted octanol–water partition coefficient (Wildman–Crippen LogP) is 2.46. The Hall–Kier alpha value is -2.41. The molecule has 1 N–H and O–H groups in total. The number of carbonyl (C=O) groups excluding carboxylic acids is 1. The van der Waals surface area contributed by atoms with Gasteiger partial charge in [0.25, 0.3) is 5.91 Å². The van der Waals surface area contributed by atoms with Gasteiger partial charge in [0, 0.05) is 56.1 Å². The van der Waals surface area contributed by atoms with E-state index in [0.29, 0.717) is 18.0 Å². The molecule has 1 aliphatic rings. The number of hydrogen-bond donors (Lipinski definition) is 1. The molecule has 0 aromatic carbocycles. The van der Waals surface area contributed by atoms with Crippen LogP contribution in [0.3, 0.4) is 0 Å². The minimum absolute atomic E-state index is 0.0311. The van der Waals surface area contributed by atoms with E-state index in [0.717, 1.165) is 44.0 Å². The number of amides is 1. The third-order valence-corrected chi connectivity index (χ3v) is 4.86. The highest BCUT2D eigenvalue weighted by Gasteiger charge is 2.22. The molecule has 0 atom stereocenters. The Balaban J connectivity index is 1.58. The topological polar surface area (TPSA) is 74.3 Å². The Morgan fingerprint density at radius 1 is 1.22 bits per heavy atom. The Bertz CT molecular complexity index is 763. The van der Waals surface area contributed by atoms with E-state index >= 15 is 0 Å². The molecule has 1 aliphatic heterocycles. The zero-order valence-corrected chi connectivity index (χ0v) is 16.7. The third kappa shape index (κ3) is 4.86. The summed E-state index contributed by atoms with van der Waals surface area (Å²) in [4.78, 5) is 21.2. The first-order chi connectivity index (χ1) is 12.9. The second-order valence-corrected chi connectivity index (χ2v) is 8.04. The summed E-state index contributed by atoms with van der Waals surface area (Å²) >= 11 is 0. The molecule has 3 rings (SSSR count). The number of methoxy groups -OCH3 is 1. The van der Waals surface area contributed by atoms with Crippen LogP contribution >= 0.6 is 0 Å². The molecule has 0 unspecified atom stereocenters. The highest BCUT2D eigenvalue weighted by Crippen LogP contribution is 2.21. The Labute approximate surface area is 160 Å². The van der Waals surface area contributed by atoms with Crippen LogP contribution in [0.15, 0.2) is 24.4 Å². The summed E-state index contributed by atoms with van der Waals surface area (Å²) in [5.41, 5.74) is 2.85. The number of ether oxygens (including phenoxy) is 1. The van der Waals surface area contributed by atoms with Gasteiger partial charge < -0.3 is 9.64 Å². The normalized spacial score (nSPS) is 16.2. The van der Waals surface area contributed by atoms with Crippen LogP contribution in [0.2, 0.25) is 0 Å². The standard InChI is InChI=1S/C20H29N5O2/c1-20(2,3)17-12-16(22-23-17)14-24-8-5-9-25(11-10-24)19(26)15-6-7-18(27-4)21-13-15/h6-7,12-13H,5,8-11,14H2,1-4H3,(H,22,23). The highest BCUT2D eigenvalue weighted by molar-refractivity contribution is 5.94. The van der Waals surface area contributed by atoms with Gasteiger partial charge in [0.15, 0.2) is 0 Å². The van der Waals surface area contributed by atoms with Crippen molar-refractivity contribution in [1.29, 1.82) is 0 Å². The Morgan fingerprint density at radius 2 is 2.04 bits per heavy atom. The maximum absolute atomic E-state index is 12.7. The van der Waals surface area contributed by atoms with Crippen LogP contribution in [-0.4, -0.2) is 64.2 Å². The van der Waals surface area contributed by atoms with Crippen molar-refractivity contribution in [3.8, 4) is 5.88 Å². The molecule has 0 saturated carbocycles. The lowest BCUT2D eigenvalue weighted by molar-refractivity contribution is 0.0760. The summed E-state index contributed by atoms with van der Waals surface area (Å²) in [7, 11) is 1.57. The summed E-state index contributed by atoms with van der Waals surface area (Å²) in [5.74, 6) is 0.548. The first-order valence-corrected chi connectivity index (χ1v) is 9.43. The zero-order chi connectivity index (χ0) is 19.4. The van der Waals surface area contributed by atoms with Crippen molar-refractivity contribution < 1.29 is 9.53 Å². The fourth-order valence-corrected chi connectivity index (χ4v) is 3.21. The lowest BCUT2D eigenvalue weighted by Crippen LogP contribution is -2.35. The maximum atomic E-state index is 12.7. The molecule has 2 aromatic heterocycles. The van der Waals surface area contributed by atoms with Crippen LogP contribution in [0, 0.1) is 0 Å². The second-order valence-electron chi connectivity index (χ2n) is 8.04. The molecular formula is C20H29N5O2. The Kier molecular flexibility index (Phi) is 5.79. The van der Waals surface area contributed by atoms with Crippen molar-refractivity contribution in [2.24, 2.45) is 0 Å². The summed E-state index contributed by atoms with van der Waals surface area (Å²) < 4.78 is 5.06. The highest BCUT2D eigenvalue weighted by atomic mass is 16.5. The monoisotopic (exact) mass is 371 g/mol. The average Bonchev–Trinajstić information content (AvgIpc) is 3.00. The molecule has 1 saturated heterocycles. The van der Waals surface area contributed by atoms with Crippen LogP contribution in [0.25, 0.3) is 0 Å². The van der Waals surface area contributed by atoms with Crippen molar-refractivity contribution >= 4 is 5.91 Å². The molecule has 27 heavy (non-hydrogen) atoms. The van der Waals surface area contributed by atoms with Gasteiger partial charge in [0.05, 0.1) is 18.4 Å². The Morgan fingerprint density at radius 3 is 2.67 bits per heavy atom. The van der Waals surface area contributed by atoms with Crippen molar-refractivity contribution in [1.82, 2.24) is 25.0 Å². The van der Waals surface area contributed by atoms with Gasteiger partial charge >= 0.3 is 0 Å². The number of hydrogen-bond acceptors (Lipinski definition) is 5. The smallest absolute Gasteiger partial charge is 0.255 e. The van der Waals surface area contributed by atoms with E-state index in [-0.39, 0.29) is 11.3 Å². The molecule has 3 heterocycles. The zero-order valence-electron chi connectivity index (χ0n) is 16.7. The largest absolute Gasteiger partial charge is 0.481 e. The van der Waals surface area contributed by atoms with Gasteiger partial charge in [-0.25, -0.2) is 4.98 Å². The molecule has 0 radical (unpaired) electrons. The molecule has 1 fully saturated rings. The van der Waals surface area contributed by atoms with E-state index < -0.39 is 0 Å². The first-order valence-electron chi connectivity index (χ1n) is 9.43. The number of H-pyrrole nitrogens is 1. The summed E-state index contributed by atoms with van der Waals surface area (Å²) in [6, 6.07) is 5.65. The second kappa shape index (κ2) is 8.08. The average molecular weight is 371 g/mol. The molecule has 146 valence electrons. The number of carbonyl (C=O) groups is 1. The fourth-order valence-electron chi connectivity index (χ4n) is 3.21. The van der Waals surface area contributed by atoms with Crippen molar-refractivity contribution in [3.05, 3.63) is 41.3 Å². The molecule has 7 nitrogen and oxygen atoms in total. The van der Waals surface area contributed by atoms with E-state index in [9.17, 15) is 4.79 Å². The molecule has 7 heteroatoms. The maximum Gasteiger partial charge on any atom is 0.255 e. The van der Waals surface area contributed by atoms with E-state index in [4.69, 9.17) is 4.74 Å². The minimum Gasteiger partial charge on any atom is -0.481 e. The summed E-state index contributed by atoms with van der Waals surface area (Å²) in [5, 5.41) is 7.60. The van der Waals surface area contributed by atoms with E-state index in [1.54, 1.807) is 25.4 Å². The van der Waals surface area contributed by atoms with Gasteiger partial charge in [-0.15, -0.1) is 0 Å². The van der Waals surface area contributed by atoms with Crippen LogP contribution in [0.4, 0.5) is 0 Å². The number of rotatable bonds is 4.